The van der Waals surface area contributed by atoms with Gasteiger partial charge in [-0.05, 0) is 26.7 Å². The molecule has 0 saturated carbocycles. The van der Waals surface area contributed by atoms with E-state index in [2.05, 4.69) is 5.48 Å². The number of aliphatic hydroxyl groups is 1. The van der Waals surface area contributed by atoms with Gasteiger partial charge in [-0.2, -0.15) is 5.48 Å². The fourth-order valence-electron chi connectivity index (χ4n) is 0.373. The molecule has 0 aromatic heterocycles. The van der Waals surface area contributed by atoms with Gasteiger partial charge >= 0.3 is 0 Å². The normalized spacial score (nSPS) is 15.5. The zero-order valence-corrected chi connectivity index (χ0v) is 8.01. The summed E-state index contributed by atoms with van der Waals surface area (Å²) in [6, 6.07) is 0. The molecule has 0 aromatic rings. The summed E-state index contributed by atoms with van der Waals surface area (Å²) in [5, 5.41) is 9.25. The number of aliphatic hydroxyl groups excluding tert-OH is 1. The molecule has 0 spiro atoms. The number of rotatable bonds is 3. The largest absolute Gasteiger partial charge is 0.376 e. The Labute approximate surface area is 68.7 Å². The van der Waals surface area contributed by atoms with Gasteiger partial charge in [-0.1, -0.05) is 13.8 Å². The second-order valence-corrected chi connectivity index (χ2v) is 4.02. The molecule has 0 radical (unpaired) electrons. The lowest BCUT2D eigenvalue weighted by Gasteiger charge is -2.23. The third-order valence-corrected chi connectivity index (χ3v) is 1.12. The molecule has 3 heteroatoms. The van der Waals surface area contributed by atoms with Crippen molar-refractivity contribution in [1.29, 1.82) is 0 Å². The van der Waals surface area contributed by atoms with Crippen LogP contribution in [0.15, 0.2) is 0 Å². The molecule has 0 aromatic carbocycles. The number of hydrogen-bond acceptors (Lipinski definition) is 3. The minimum Gasteiger partial charge on any atom is -0.376 e. The highest BCUT2D eigenvalue weighted by atomic mass is 16.7. The van der Waals surface area contributed by atoms with Crippen LogP contribution in [0.3, 0.4) is 0 Å². The van der Waals surface area contributed by atoms with Crippen molar-refractivity contribution in [1.82, 2.24) is 5.48 Å². The Kier molecular flexibility index (Phi) is 4.00. The van der Waals surface area contributed by atoms with Gasteiger partial charge in [-0.3, -0.25) is 4.84 Å². The second kappa shape index (κ2) is 4.04. The van der Waals surface area contributed by atoms with E-state index in [0.29, 0.717) is 0 Å². The van der Waals surface area contributed by atoms with Gasteiger partial charge in [0.15, 0.2) is 0 Å². The average Bonchev–Trinajstić information content (AvgIpc) is 1.80. The monoisotopic (exact) mass is 161 g/mol. The van der Waals surface area contributed by atoms with Crippen molar-refractivity contribution in [3.8, 4) is 0 Å². The van der Waals surface area contributed by atoms with Crippen molar-refractivity contribution in [2.24, 2.45) is 5.92 Å². The van der Waals surface area contributed by atoms with E-state index < -0.39 is 6.23 Å². The molecule has 68 valence electrons. The first-order valence-corrected chi connectivity index (χ1v) is 3.94. The maximum absolute atomic E-state index is 9.25. The number of nitrogens with one attached hydrogen (secondary N) is 1. The van der Waals surface area contributed by atoms with Crippen molar-refractivity contribution < 1.29 is 9.94 Å². The Morgan fingerprint density at radius 3 is 2.00 bits per heavy atom. The van der Waals surface area contributed by atoms with Crippen molar-refractivity contribution >= 4 is 0 Å². The summed E-state index contributed by atoms with van der Waals surface area (Å²) in [6.45, 7) is 9.61. The Morgan fingerprint density at radius 2 is 1.73 bits per heavy atom. The summed E-state index contributed by atoms with van der Waals surface area (Å²) in [5.41, 5.74) is 2.32. The summed E-state index contributed by atoms with van der Waals surface area (Å²) in [6.07, 6.45) is -0.589. The molecule has 1 atom stereocenters. The molecule has 0 aliphatic rings. The van der Waals surface area contributed by atoms with Gasteiger partial charge in [0.25, 0.3) is 0 Å². The zero-order valence-electron chi connectivity index (χ0n) is 8.01. The van der Waals surface area contributed by atoms with E-state index in [1.165, 1.54) is 0 Å². The molecule has 0 rings (SSSR count). The van der Waals surface area contributed by atoms with Crippen LogP contribution in [0.2, 0.25) is 0 Å². The van der Waals surface area contributed by atoms with Crippen LogP contribution < -0.4 is 5.48 Å². The van der Waals surface area contributed by atoms with Crippen molar-refractivity contribution in [3.63, 3.8) is 0 Å². The summed E-state index contributed by atoms with van der Waals surface area (Å²) in [4.78, 5) is 5.15. The first-order valence-electron chi connectivity index (χ1n) is 3.94. The molecule has 0 aliphatic carbocycles. The van der Waals surface area contributed by atoms with E-state index >= 15 is 0 Å². The van der Waals surface area contributed by atoms with Crippen LogP contribution in [0.4, 0.5) is 0 Å². The summed E-state index contributed by atoms with van der Waals surface area (Å²) < 4.78 is 0. The van der Waals surface area contributed by atoms with Crippen molar-refractivity contribution in [2.45, 2.75) is 46.4 Å². The lowest BCUT2D eigenvalue weighted by atomic mass is 10.2. The molecule has 11 heavy (non-hydrogen) atoms. The predicted molar refractivity (Wildman–Crippen MR) is 44.8 cm³/mol. The van der Waals surface area contributed by atoms with Crippen LogP contribution in [-0.2, 0) is 4.84 Å². The van der Waals surface area contributed by atoms with Crippen LogP contribution in [0.25, 0.3) is 0 Å². The smallest absolute Gasteiger partial charge is 0.129 e. The van der Waals surface area contributed by atoms with Crippen LogP contribution in [0.1, 0.15) is 34.6 Å². The van der Waals surface area contributed by atoms with Crippen molar-refractivity contribution in [2.75, 3.05) is 0 Å². The first-order chi connectivity index (χ1) is 4.83. The summed E-state index contributed by atoms with van der Waals surface area (Å²) >= 11 is 0. The molecule has 3 nitrogen and oxygen atoms in total. The summed E-state index contributed by atoms with van der Waals surface area (Å²) in [5.74, 6) is 0.164. The molecule has 0 saturated heterocycles. The molecule has 0 bridgehead atoms. The highest BCUT2D eigenvalue weighted by molar-refractivity contribution is 4.58. The number of hydrogen-bond donors (Lipinski definition) is 2. The fourth-order valence-corrected chi connectivity index (χ4v) is 0.373. The van der Waals surface area contributed by atoms with E-state index in [1.807, 2.05) is 34.6 Å². The molecular weight excluding hydrogens is 142 g/mol. The van der Waals surface area contributed by atoms with E-state index in [4.69, 9.17) is 4.84 Å². The molecular formula is C8H19NO2. The Hall–Kier alpha value is -0.120. The standard InChI is InChI=1S/C8H19NO2/c1-6(2)7(10)9-11-8(3,4)5/h6-7,9-10H,1-5H3. The predicted octanol–water partition coefficient (Wildman–Crippen LogP) is 1.28. The number of hydroxylamine groups is 1. The minimum atomic E-state index is -0.589. The van der Waals surface area contributed by atoms with E-state index in [9.17, 15) is 5.11 Å². The summed E-state index contributed by atoms with van der Waals surface area (Å²) in [7, 11) is 0. The van der Waals surface area contributed by atoms with Gasteiger partial charge in [0.1, 0.15) is 6.23 Å². The van der Waals surface area contributed by atoms with Gasteiger partial charge in [0.2, 0.25) is 0 Å². The van der Waals surface area contributed by atoms with Crippen LogP contribution in [-0.4, -0.2) is 16.9 Å². The maximum Gasteiger partial charge on any atom is 0.129 e. The molecule has 1 unspecified atom stereocenters. The molecule has 0 heterocycles. The Balaban J connectivity index is 3.54. The van der Waals surface area contributed by atoms with Gasteiger partial charge in [-0.25, -0.2) is 0 Å². The molecule has 0 fully saturated rings. The molecule has 2 N–H and O–H groups in total. The lowest BCUT2D eigenvalue weighted by Crippen LogP contribution is -2.39. The van der Waals surface area contributed by atoms with E-state index in [0.717, 1.165) is 0 Å². The Bertz CT molecular complexity index is 107. The third-order valence-electron chi connectivity index (χ3n) is 1.12. The van der Waals surface area contributed by atoms with Gasteiger partial charge in [0, 0.05) is 0 Å². The zero-order chi connectivity index (χ0) is 9.07. The fraction of sp³-hybridized carbons (Fsp3) is 1.00. The van der Waals surface area contributed by atoms with Crippen LogP contribution in [0.5, 0.6) is 0 Å². The highest BCUT2D eigenvalue weighted by Crippen LogP contribution is 2.06. The minimum absolute atomic E-state index is 0.164. The quantitative estimate of drug-likeness (QED) is 0.484. The van der Waals surface area contributed by atoms with Crippen LogP contribution in [0, 0.1) is 5.92 Å². The Morgan fingerprint density at radius 1 is 1.27 bits per heavy atom. The first kappa shape index (κ1) is 10.9. The van der Waals surface area contributed by atoms with Gasteiger partial charge < -0.3 is 5.11 Å². The van der Waals surface area contributed by atoms with E-state index in [1.54, 1.807) is 0 Å². The average molecular weight is 161 g/mol. The highest BCUT2D eigenvalue weighted by Gasteiger charge is 2.14. The van der Waals surface area contributed by atoms with Gasteiger partial charge in [0.05, 0.1) is 5.60 Å². The molecule has 0 amide bonds. The van der Waals surface area contributed by atoms with Crippen LogP contribution >= 0.6 is 0 Å². The van der Waals surface area contributed by atoms with Crippen molar-refractivity contribution in [3.05, 3.63) is 0 Å². The molecule has 0 aliphatic heterocycles. The third kappa shape index (κ3) is 6.28. The SMILES string of the molecule is CC(C)C(O)NOC(C)(C)C. The van der Waals surface area contributed by atoms with Gasteiger partial charge in [-0.15, -0.1) is 0 Å². The maximum atomic E-state index is 9.25. The lowest BCUT2D eigenvalue weighted by molar-refractivity contribution is -0.140. The second-order valence-electron chi connectivity index (χ2n) is 4.02. The van der Waals surface area contributed by atoms with E-state index in [-0.39, 0.29) is 11.5 Å². The topological polar surface area (TPSA) is 41.5 Å².